The molecule has 0 aromatic carbocycles. The van der Waals surface area contributed by atoms with Crippen molar-refractivity contribution in [1.82, 2.24) is 0 Å². The predicted molar refractivity (Wildman–Crippen MR) is 44.8 cm³/mol. The minimum absolute atomic E-state index is 1.07. The molecule has 54 valence electrons. The molecule has 0 saturated heterocycles. The van der Waals surface area contributed by atoms with E-state index in [2.05, 4.69) is 36.0 Å². The molecule has 0 fully saturated rings. The van der Waals surface area contributed by atoms with E-state index in [0.717, 1.165) is 5.88 Å². The summed E-state index contributed by atoms with van der Waals surface area (Å²) in [5.41, 5.74) is 0. The van der Waals surface area contributed by atoms with E-state index in [4.69, 9.17) is 0 Å². The summed E-state index contributed by atoms with van der Waals surface area (Å²) in [5.74, 6) is 2.25. The van der Waals surface area contributed by atoms with E-state index in [9.17, 15) is 0 Å². The van der Waals surface area contributed by atoms with E-state index >= 15 is 0 Å². The number of rotatable bonds is 3. The van der Waals surface area contributed by atoms with Crippen LogP contribution in [0.25, 0.3) is 0 Å². The Morgan fingerprint density at radius 2 is 1.90 bits per heavy atom. The van der Waals surface area contributed by atoms with Gasteiger partial charge in [-0.15, -0.1) is 0 Å². The van der Waals surface area contributed by atoms with Gasteiger partial charge in [-0.1, -0.05) is 24.8 Å². The van der Waals surface area contributed by atoms with Crippen molar-refractivity contribution in [3.8, 4) is 0 Å². The number of thioether (sulfide) groups is 1. The van der Waals surface area contributed by atoms with Crippen LogP contribution in [0.2, 0.25) is 0 Å². The maximum atomic E-state index is 2.17. The Morgan fingerprint density at radius 3 is 2.50 bits per heavy atom. The molecule has 0 aliphatic heterocycles. The smallest absolute Gasteiger partial charge is 0.194 e. The Kier molecular flexibility index (Phi) is 3.30. The van der Waals surface area contributed by atoms with Crippen molar-refractivity contribution in [2.24, 2.45) is 0 Å². The van der Waals surface area contributed by atoms with Crippen LogP contribution in [0.3, 0.4) is 0 Å². The standard InChI is InChI=1S/C8H12NS/c1-2-10-8-9-6-4-3-5-7-9/h3-7H,2,8H2,1H3/q+1. The van der Waals surface area contributed by atoms with Gasteiger partial charge in [0.2, 0.25) is 0 Å². The largest absolute Gasteiger partial charge is 0.195 e. The van der Waals surface area contributed by atoms with Gasteiger partial charge in [0.15, 0.2) is 18.3 Å². The molecular formula is C8H12NS+. The third-order valence-corrected chi connectivity index (χ3v) is 2.11. The molecule has 0 saturated carbocycles. The summed E-state index contributed by atoms with van der Waals surface area (Å²) in [6, 6.07) is 6.14. The molecule has 0 aliphatic rings. The van der Waals surface area contributed by atoms with Crippen molar-refractivity contribution in [1.29, 1.82) is 0 Å². The Labute approximate surface area is 66.1 Å². The minimum atomic E-state index is 1.07. The molecular weight excluding hydrogens is 142 g/mol. The van der Waals surface area contributed by atoms with Crippen LogP contribution in [-0.2, 0) is 5.88 Å². The molecule has 0 radical (unpaired) electrons. The van der Waals surface area contributed by atoms with Crippen molar-refractivity contribution >= 4 is 11.8 Å². The highest BCUT2D eigenvalue weighted by Crippen LogP contribution is 1.95. The summed E-state index contributed by atoms with van der Waals surface area (Å²) in [6.45, 7) is 2.17. The second kappa shape index (κ2) is 4.34. The normalized spacial score (nSPS) is 9.70. The number of nitrogens with zero attached hydrogens (tertiary/aromatic N) is 1. The van der Waals surface area contributed by atoms with Gasteiger partial charge in [0.05, 0.1) is 0 Å². The Balaban J connectivity index is 2.43. The average Bonchev–Trinajstić information content (AvgIpc) is 2.03. The number of hydrogen-bond donors (Lipinski definition) is 0. The molecule has 1 aromatic heterocycles. The molecule has 1 heterocycles. The van der Waals surface area contributed by atoms with E-state index in [1.807, 2.05) is 17.8 Å². The number of hydrogen-bond acceptors (Lipinski definition) is 1. The highest BCUT2D eigenvalue weighted by Gasteiger charge is 1.93. The zero-order valence-corrected chi connectivity index (χ0v) is 6.97. The Bertz CT molecular complexity index is 174. The van der Waals surface area contributed by atoms with E-state index in [1.165, 1.54) is 5.75 Å². The fourth-order valence-electron chi connectivity index (χ4n) is 0.717. The van der Waals surface area contributed by atoms with Crippen LogP contribution in [0, 0.1) is 0 Å². The Hall–Kier alpha value is -0.500. The van der Waals surface area contributed by atoms with Crippen molar-refractivity contribution in [2.75, 3.05) is 5.75 Å². The predicted octanol–water partition coefficient (Wildman–Crippen LogP) is 1.68. The van der Waals surface area contributed by atoms with Crippen molar-refractivity contribution in [3.05, 3.63) is 30.6 Å². The lowest BCUT2D eigenvalue weighted by atomic mass is 10.5. The van der Waals surface area contributed by atoms with Gasteiger partial charge in [0.25, 0.3) is 0 Å². The summed E-state index contributed by atoms with van der Waals surface area (Å²) in [4.78, 5) is 0. The second-order valence-electron chi connectivity index (χ2n) is 2.01. The number of aromatic nitrogens is 1. The fraction of sp³-hybridized carbons (Fsp3) is 0.375. The first kappa shape index (κ1) is 7.61. The van der Waals surface area contributed by atoms with Gasteiger partial charge in [-0.3, -0.25) is 0 Å². The van der Waals surface area contributed by atoms with E-state index in [1.54, 1.807) is 0 Å². The lowest BCUT2D eigenvalue weighted by Gasteiger charge is -1.91. The number of pyridine rings is 1. The van der Waals surface area contributed by atoms with Crippen LogP contribution in [0.15, 0.2) is 30.6 Å². The van der Waals surface area contributed by atoms with Crippen LogP contribution in [-0.4, -0.2) is 5.75 Å². The molecule has 1 rings (SSSR count). The van der Waals surface area contributed by atoms with Gasteiger partial charge in [0, 0.05) is 12.1 Å². The molecule has 2 heteroatoms. The van der Waals surface area contributed by atoms with Crippen molar-refractivity contribution in [2.45, 2.75) is 12.8 Å². The third-order valence-electron chi connectivity index (χ3n) is 1.22. The first-order chi connectivity index (χ1) is 4.93. The summed E-state index contributed by atoms with van der Waals surface area (Å²) in [5, 5.41) is 0. The zero-order valence-electron chi connectivity index (χ0n) is 6.16. The molecule has 10 heavy (non-hydrogen) atoms. The SMILES string of the molecule is CCSC[n+]1ccccc1. The maximum absolute atomic E-state index is 2.17. The lowest BCUT2D eigenvalue weighted by molar-refractivity contribution is -0.675. The summed E-state index contributed by atoms with van der Waals surface area (Å²) < 4.78 is 2.17. The minimum Gasteiger partial charge on any atom is -0.195 e. The molecule has 0 N–H and O–H groups in total. The van der Waals surface area contributed by atoms with Crippen LogP contribution in [0.5, 0.6) is 0 Å². The quantitative estimate of drug-likeness (QED) is 0.599. The van der Waals surface area contributed by atoms with Gasteiger partial charge in [0.1, 0.15) is 0 Å². The monoisotopic (exact) mass is 154 g/mol. The van der Waals surface area contributed by atoms with Crippen molar-refractivity contribution in [3.63, 3.8) is 0 Å². The summed E-state index contributed by atoms with van der Waals surface area (Å²) in [6.07, 6.45) is 4.17. The van der Waals surface area contributed by atoms with Gasteiger partial charge in [-0.25, -0.2) is 0 Å². The van der Waals surface area contributed by atoms with Gasteiger partial charge >= 0.3 is 0 Å². The average molecular weight is 154 g/mol. The second-order valence-corrected chi connectivity index (χ2v) is 3.26. The first-order valence-electron chi connectivity index (χ1n) is 3.45. The zero-order chi connectivity index (χ0) is 7.23. The maximum Gasteiger partial charge on any atom is 0.194 e. The first-order valence-corrected chi connectivity index (χ1v) is 4.61. The molecule has 0 unspecified atom stereocenters. The molecule has 0 aliphatic carbocycles. The summed E-state index contributed by atoms with van der Waals surface area (Å²) >= 11 is 1.92. The van der Waals surface area contributed by atoms with Gasteiger partial charge in [-0.2, -0.15) is 4.57 Å². The molecule has 0 amide bonds. The van der Waals surface area contributed by atoms with Gasteiger partial charge in [-0.05, 0) is 5.75 Å². The third kappa shape index (κ3) is 2.40. The lowest BCUT2D eigenvalue weighted by Crippen LogP contribution is -2.30. The van der Waals surface area contributed by atoms with E-state index in [-0.39, 0.29) is 0 Å². The molecule has 1 nitrogen and oxygen atoms in total. The van der Waals surface area contributed by atoms with Crippen LogP contribution in [0.1, 0.15) is 6.92 Å². The molecule has 1 aromatic rings. The van der Waals surface area contributed by atoms with Crippen LogP contribution < -0.4 is 4.57 Å². The van der Waals surface area contributed by atoms with E-state index in [0.29, 0.717) is 0 Å². The summed E-state index contributed by atoms with van der Waals surface area (Å²) in [7, 11) is 0. The van der Waals surface area contributed by atoms with E-state index < -0.39 is 0 Å². The fourth-order valence-corrected chi connectivity index (χ4v) is 1.28. The molecule has 0 spiro atoms. The highest BCUT2D eigenvalue weighted by molar-refractivity contribution is 7.98. The highest BCUT2D eigenvalue weighted by atomic mass is 32.2. The van der Waals surface area contributed by atoms with Crippen LogP contribution >= 0.6 is 11.8 Å². The van der Waals surface area contributed by atoms with Crippen molar-refractivity contribution < 1.29 is 4.57 Å². The topological polar surface area (TPSA) is 3.88 Å². The van der Waals surface area contributed by atoms with Crippen LogP contribution in [0.4, 0.5) is 0 Å². The Morgan fingerprint density at radius 1 is 1.20 bits per heavy atom. The molecule has 0 bridgehead atoms. The molecule has 0 atom stereocenters. The van der Waals surface area contributed by atoms with Gasteiger partial charge < -0.3 is 0 Å².